The van der Waals surface area contributed by atoms with Crippen LogP contribution in [0.25, 0.3) is 0 Å². The number of carbonyl (C=O) groups excluding carboxylic acids is 1. The molecule has 0 aliphatic rings. The summed E-state index contributed by atoms with van der Waals surface area (Å²) in [5.74, 6) is 1.46. The van der Waals surface area contributed by atoms with E-state index in [-0.39, 0.29) is 5.92 Å². The van der Waals surface area contributed by atoms with Crippen molar-refractivity contribution in [2.75, 3.05) is 0 Å². The highest BCUT2D eigenvalue weighted by molar-refractivity contribution is 5.81. The van der Waals surface area contributed by atoms with Crippen molar-refractivity contribution in [2.24, 2.45) is 17.8 Å². The normalized spacial score (nSPS) is 13.0. The maximum atomic E-state index is 12.2. The Morgan fingerprint density at radius 3 is 2.44 bits per heavy atom. The van der Waals surface area contributed by atoms with E-state index in [2.05, 4.69) is 32.7 Å². The Morgan fingerprint density at radius 2 is 1.94 bits per heavy atom. The van der Waals surface area contributed by atoms with Crippen LogP contribution in [0.1, 0.15) is 46.2 Å². The number of ketones is 1. The van der Waals surface area contributed by atoms with E-state index < -0.39 is 0 Å². The number of nitrogens with zero attached hydrogens (tertiary/aromatic N) is 1. The van der Waals surface area contributed by atoms with Crippen molar-refractivity contribution in [3.8, 4) is 0 Å². The van der Waals surface area contributed by atoms with Gasteiger partial charge in [-0.3, -0.25) is 9.78 Å². The van der Waals surface area contributed by atoms with Crippen molar-refractivity contribution in [2.45, 2.75) is 47.0 Å². The number of hydrogen-bond donors (Lipinski definition) is 0. The third kappa shape index (κ3) is 4.99. The van der Waals surface area contributed by atoms with Gasteiger partial charge in [-0.15, -0.1) is 0 Å². The second-order valence-corrected chi connectivity index (χ2v) is 5.77. The molecule has 100 valence electrons. The van der Waals surface area contributed by atoms with Gasteiger partial charge in [0, 0.05) is 24.2 Å². The molecule has 18 heavy (non-hydrogen) atoms. The van der Waals surface area contributed by atoms with Crippen molar-refractivity contribution in [3.05, 3.63) is 30.1 Å². The van der Waals surface area contributed by atoms with Crippen LogP contribution in [0.15, 0.2) is 24.4 Å². The van der Waals surface area contributed by atoms with Crippen LogP contribution in [-0.2, 0) is 11.2 Å². The Bertz CT molecular complexity index is 357. The highest BCUT2D eigenvalue weighted by atomic mass is 16.1. The molecule has 0 saturated carbocycles. The van der Waals surface area contributed by atoms with E-state index in [1.165, 1.54) is 0 Å². The van der Waals surface area contributed by atoms with Crippen LogP contribution >= 0.6 is 0 Å². The molecule has 0 aliphatic carbocycles. The molecule has 2 heteroatoms. The molecule has 1 rings (SSSR count). The molecule has 1 aromatic heterocycles. The van der Waals surface area contributed by atoms with Gasteiger partial charge in [-0.25, -0.2) is 0 Å². The van der Waals surface area contributed by atoms with Crippen molar-refractivity contribution >= 4 is 5.78 Å². The Labute approximate surface area is 111 Å². The van der Waals surface area contributed by atoms with Gasteiger partial charge in [-0.1, -0.05) is 33.8 Å². The molecule has 1 heterocycles. The summed E-state index contributed by atoms with van der Waals surface area (Å²) in [6.07, 6.45) is 4.33. The first-order valence-electron chi connectivity index (χ1n) is 6.93. The molecule has 0 saturated heterocycles. The molecule has 0 aliphatic heterocycles. The maximum Gasteiger partial charge on any atom is 0.136 e. The second-order valence-electron chi connectivity index (χ2n) is 5.77. The first-order valence-corrected chi connectivity index (χ1v) is 6.93. The molecule has 0 amide bonds. The average molecular weight is 247 g/mol. The Balaban J connectivity index is 2.56. The lowest BCUT2D eigenvalue weighted by molar-refractivity contribution is -0.125. The van der Waals surface area contributed by atoms with Crippen molar-refractivity contribution in [3.63, 3.8) is 0 Å². The van der Waals surface area contributed by atoms with Crippen molar-refractivity contribution in [1.82, 2.24) is 4.98 Å². The van der Waals surface area contributed by atoms with Gasteiger partial charge in [-0.2, -0.15) is 0 Å². The van der Waals surface area contributed by atoms with Crippen LogP contribution < -0.4 is 0 Å². The van der Waals surface area contributed by atoms with Gasteiger partial charge in [0.1, 0.15) is 5.78 Å². The minimum absolute atomic E-state index is 0.175. The van der Waals surface area contributed by atoms with Crippen LogP contribution in [0, 0.1) is 17.8 Å². The highest BCUT2D eigenvalue weighted by Gasteiger charge is 2.22. The molecule has 1 aromatic rings. The second kappa shape index (κ2) is 7.30. The molecule has 2 nitrogen and oxygen atoms in total. The lowest BCUT2D eigenvalue weighted by Crippen LogP contribution is -2.22. The minimum atomic E-state index is 0.175. The molecule has 0 spiro atoms. The zero-order chi connectivity index (χ0) is 13.5. The first-order chi connectivity index (χ1) is 8.50. The first kappa shape index (κ1) is 14.9. The number of aromatic nitrogens is 1. The van der Waals surface area contributed by atoms with Gasteiger partial charge in [-0.05, 0) is 36.8 Å². The molecular formula is C16H25NO. The fourth-order valence-corrected chi connectivity index (χ4v) is 2.27. The van der Waals surface area contributed by atoms with Gasteiger partial charge in [0.2, 0.25) is 0 Å². The van der Waals surface area contributed by atoms with E-state index in [4.69, 9.17) is 0 Å². The number of hydrogen-bond acceptors (Lipinski definition) is 2. The summed E-state index contributed by atoms with van der Waals surface area (Å²) >= 11 is 0. The van der Waals surface area contributed by atoms with E-state index in [1.807, 2.05) is 24.4 Å². The summed E-state index contributed by atoms with van der Waals surface area (Å²) in [4.78, 5) is 16.5. The topological polar surface area (TPSA) is 30.0 Å². The number of rotatable bonds is 7. The molecule has 0 unspecified atom stereocenters. The standard InChI is InChI=1S/C16H25NO/c1-12(2)11-16(18)15(13(3)4)9-8-14-7-5-6-10-17-14/h5-7,10,12-13,15H,8-9,11H2,1-4H3/t15-/m0/s1. The Hall–Kier alpha value is -1.18. The SMILES string of the molecule is CC(C)CC(=O)[C@@H](CCc1ccccn1)C(C)C. The fourth-order valence-electron chi connectivity index (χ4n) is 2.27. The van der Waals surface area contributed by atoms with Gasteiger partial charge >= 0.3 is 0 Å². The van der Waals surface area contributed by atoms with Gasteiger partial charge in [0.25, 0.3) is 0 Å². The Kier molecular flexibility index (Phi) is 6.03. The summed E-state index contributed by atoms with van der Waals surface area (Å²) in [6.45, 7) is 8.49. The van der Waals surface area contributed by atoms with Crippen LogP contribution in [0.4, 0.5) is 0 Å². The van der Waals surface area contributed by atoms with Crippen LogP contribution in [0.2, 0.25) is 0 Å². The van der Waals surface area contributed by atoms with Crippen molar-refractivity contribution < 1.29 is 4.79 Å². The summed E-state index contributed by atoms with van der Waals surface area (Å²) in [5.41, 5.74) is 1.08. The molecule has 1 atom stereocenters. The van der Waals surface area contributed by atoms with E-state index in [9.17, 15) is 4.79 Å². The molecule has 0 radical (unpaired) electrons. The monoisotopic (exact) mass is 247 g/mol. The predicted octanol–water partition coefficient (Wildman–Crippen LogP) is 3.90. The van der Waals surface area contributed by atoms with E-state index >= 15 is 0 Å². The fraction of sp³-hybridized carbons (Fsp3) is 0.625. The van der Waals surface area contributed by atoms with Crippen molar-refractivity contribution in [1.29, 1.82) is 0 Å². The zero-order valence-electron chi connectivity index (χ0n) is 12.0. The smallest absolute Gasteiger partial charge is 0.136 e. The van der Waals surface area contributed by atoms with Crippen LogP contribution in [-0.4, -0.2) is 10.8 Å². The minimum Gasteiger partial charge on any atom is -0.299 e. The number of carbonyl (C=O) groups is 1. The van der Waals surface area contributed by atoms with Gasteiger partial charge < -0.3 is 0 Å². The molecule has 0 aromatic carbocycles. The summed E-state index contributed by atoms with van der Waals surface area (Å²) in [5, 5.41) is 0. The number of Topliss-reactive ketones (excluding diaryl/α,β-unsaturated/α-hetero) is 1. The van der Waals surface area contributed by atoms with Crippen LogP contribution in [0.5, 0.6) is 0 Å². The summed E-state index contributed by atoms with van der Waals surface area (Å²) in [7, 11) is 0. The lowest BCUT2D eigenvalue weighted by atomic mass is 9.84. The third-order valence-electron chi connectivity index (χ3n) is 3.27. The highest BCUT2D eigenvalue weighted by Crippen LogP contribution is 2.21. The Morgan fingerprint density at radius 1 is 1.22 bits per heavy atom. The molecular weight excluding hydrogens is 222 g/mol. The largest absolute Gasteiger partial charge is 0.299 e. The summed E-state index contributed by atoms with van der Waals surface area (Å²) in [6, 6.07) is 5.96. The van der Waals surface area contributed by atoms with E-state index in [1.54, 1.807) is 0 Å². The molecule has 0 N–H and O–H groups in total. The third-order valence-corrected chi connectivity index (χ3v) is 3.27. The predicted molar refractivity (Wildman–Crippen MR) is 75.3 cm³/mol. The molecule has 0 fully saturated rings. The van der Waals surface area contributed by atoms with Gasteiger partial charge in [0.05, 0.1) is 0 Å². The zero-order valence-corrected chi connectivity index (χ0v) is 12.0. The van der Waals surface area contributed by atoms with Crippen LogP contribution in [0.3, 0.4) is 0 Å². The van der Waals surface area contributed by atoms with Gasteiger partial charge in [0.15, 0.2) is 0 Å². The quantitative estimate of drug-likeness (QED) is 0.731. The lowest BCUT2D eigenvalue weighted by Gasteiger charge is -2.20. The number of aryl methyl sites for hydroxylation is 1. The average Bonchev–Trinajstić information content (AvgIpc) is 2.29. The van der Waals surface area contributed by atoms with E-state index in [0.717, 1.165) is 18.5 Å². The maximum absolute atomic E-state index is 12.2. The number of pyridine rings is 1. The van der Waals surface area contributed by atoms with E-state index in [0.29, 0.717) is 24.0 Å². The summed E-state index contributed by atoms with van der Waals surface area (Å²) < 4.78 is 0. The molecule has 0 bridgehead atoms.